The van der Waals surface area contributed by atoms with Crippen molar-refractivity contribution in [1.29, 1.82) is 0 Å². The smallest absolute Gasteiger partial charge is 0.419 e. The molecule has 0 aliphatic rings. The molecule has 1 aromatic heterocycles. The first-order valence-corrected chi connectivity index (χ1v) is 7.92. The number of anilines is 1. The van der Waals surface area contributed by atoms with Gasteiger partial charge in [-0.15, -0.1) is 0 Å². The summed E-state index contributed by atoms with van der Waals surface area (Å²) >= 11 is 0. The van der Waals surface area contributed by atoms with E-state index in [4.69, 9.17) is 9.47 Å². The van der Waals surface area contributed by atoms with Crippen LogP contribution in [0.15, 0.2) is 29.2 Å². The number of nitrogens with zero attached hydrogens (tertiary/aromatic N) is 2. The Morgan fingerprint density at radius 2 is 1.60 bits per heavy atom. The van der Waals surface area contributed by atoms with Crippen molar-refractivity contribution >= 4 is 16.0 Å². The molecule has 0 aliphatic heterocycles. The quantitative estimate of drug-likeness (QED) is 0.801. The molecule has 0 saturated carbocycles. The van der Waals surface area contributed by atoms with Gasteiger partial charge in [0.1, 0.15) is 5.82 Å². The van der Waals surface area contributed by atoms with Crippen LogP contribution in [-0.2, 0) is 16.2 Å². The van der Waals surface area contributed by atoms with E-state index in [-0.39, 0.29) is 17.8 Å². The zero-order chi connectivity index (χ0) is 18.8. The Hall–Kier alpha value is -2.63. The molecule has 0 unspecified atom stereocenters. The Labute approximate surface area is 139 Å². The maximum atomic E-state index is 13.3. The van der Waals surface area contributed by atoms with Gasteiger partial charge in [0, 0.05) is 0 Å². The molecule has 0 spiro atoms. The normalized spacial score (nSPS) is 11.9. The SMILES string of the molecule is COc1cc(OC)nc(NS(=O)(=O)c2ccc(F)c(C(F)(F)F)c2)n1. The predicted octanol–water partition coefficient (Wildman–Crippen LogP) is 2.45. The number of methoxy groups -OCH3 is 2. The highest BCUT2D eigenvalue weighted by atomic mass is 32.2. The average molecular weight is 381 g/mol. The molecule has 0 aliphatic carbocycles. The second-order valence-corrected chi connectivity index (χ2v) is 6.20. The van der Waals surface area contributed by atoms with Gasteiger partial charge in [-0.25, -0.2) is 17.5 Å². The topological polar surface area (TPSA) is 90.4 Å². The van der Waals surface area contributed by atoms with E-state index in [1.807, 2.05) is 4.72 Å². The van der Waals surface area contributed by atoms with Crippen molar-refractivity contribution in [3.8, 4) is 11.8 Å². The van der Waals surface area contributed by atoms with Crippen LogP contribution in [-0.4, -0.2) is 32.6 Å². The lowest BCUT2D eigenvalue weighted by atomic mass is 10.2. The van der Waals surface area contributed by atoms with Gasteiger partial charge < -0.3 is 9.47 Å². The van der Waals surface area contributed by atoms with Crippen LogP contribution in [0.4, 0.5) is 23.5 Å². The maximum Gasteiger partial charge on any atom is 0.419 e. The molecule has 0 amide bonds. The lowest BCUT2D eigenvalue weighted by molar-refractivity contribution is -0.140. The maximum absolute atomic E-state index is 13.3. The summed E-state index contributed by atoms with van der Waals surface area (Å²) in [6, 6.07) is 2.53. The number of hydrogen-bond donors (Lipinski definition) is 1. The Morgan fingerprint density at radius 3 is 2.08 bits per heavy atom. The first kappa shape index (κ1) is 18.7. The van der Waals surface area contributed by atoms with Crippen molar-refractivity contribution in [1.82, 2.24) is 9.97 Å². The van der Waals surface area contributed by atoms with Crippen molar-refractivity contribution < 1.29 is 35.5 Å². The van der Waals surface area contributed by atoms with Crippen molar-refractivity contribution in [2.45, 2.75) is 11.1 Å². The first-order valence-electron chi connectivity index (χ1n) is 6.43. The van der Waals surface area contributed by atoms with E-state index in [9.17, 15) is 26.0 Å². The number of halogens is 4. The Balaban J connectivity index is 2.44. The summed E-state index contributed by atoms with van der Waals surface area (Å²) in [4.78, 5) is 6.59. The number of ether oxygens (including phenoxy) is 2. The first-order chi connectivity index (χ1) is 11.6. The van der Waals surface area contributed by atoms with Gasteiger partial charge in [0.2, 0.25) is 17.7 Å². The molecule has 2 rings (SSSR count). The molecular formula is C13H11F4N3O4S. The summed E-state index contributed by atoms with van der Waals surface area (Å²) < 4.78 is 87.5. The van der Waals surface area contributed by atoms with E-state index in [0.717, 1.165) is 0 Å². The number of hydrogen-bond acceptors (Lipinski definition) is 6. The molecule has 1 N–H and O–H groups in total. The van der Waals surface area contributed by atoms with Crippen molar-refractivity contribution in [3.63, 3.8) is 0 Å². The molecule has 0 fully saturated rings. The van der Waals surface area contributed by atoms with Gasteiger partial charge in [0.05, 0.1) is 30.7 Å². The van der Waals surface area contributed by atoms with Crippen LogP contribution < -0.4 is 14.2 Å². The molecule has 0 bridgehead atoms. The number of alkyl halides is 3. The lowest BCUT2D eigenvalue weighted by Crippen LogP contribution is -2.17. The van der Waals surface area contributed by atoms with Crippen LogP contribution in [0.2, 0.25) is 0 Å². The summed E-state index contributed by atoms with van der Waals surface area (Å²) in [7, 11) is -2.00. The molecule has 1 heterocycles. The van der Waals surface area contributed by atoms with Crippen LogP contribution in [0.3, 0.4) is 0 Å². The summed E-state index contributed by atoms with van der Waals surface area (Å²) in [5.41, 5.74) is -1.71. The van der Waals surface area contributed by atoms with Gasteiger partial charge in [0.25, 0.3) is 10.0 Å². The molecule has 25 heavy (non-hydrogen) atoms. The molecule has 2 aromatic rings. The fraction of sp³-hybridized carbons (Fsp3) is 0.231. The number of nitrogens with one attached hydrogen (secondary N) is 1. The fourth-order valence-electron chi connectivity index (χ4n) is 1.73. The lowest BCUT2D eigenvalue weighted by Gasteiger charge is -2.12. The van der Waals surface area contributed by atoms with E-state index >= 15 is 0 Å². The summed E-state index contributed by atoms with van der Waals surface area (Å²) in [6.07, 6.45) is -5.05. The largest absolute Gasteiger partial charge is 0.481 e. The van der Waals surface area contributed by atoms with E-state index < -0.39 is 38.4 Å². The number of rotatable bonds is 5. The fourth-order valence-corrected chi connectivity index (χ4v) is 2.70. The minimum atomic E-state index is -5.05. The second-order valence-electron chi connectivity index (χ2n) is 4.52. The zero-order valence-corrected chi connectivity index (χ0v) is 13.6. The third-order valence-electron chi connectivity index (χ3n) is 2.88. The highest BCUT2D eigenvalue weighted by Gasteiger charge is 2.35. The Morgan fingerprint density at radius 1 is 1.04 bits per heavy atom. The zero-order valence-electron chi connectivity index (χ0n) is 12.8. The van der Waals surface area contributed by atoms with Gasteiger partial charge in [-0.3, -0.25) is 0 Å². The molecule has 0 atom stereocenters. The minimum absolute atomic E-state index is 0.0420. The summed E-state index contributed by atoms with van der Waals surface area (Å²) in [5.74, 6) is -2.17. The van der Waals surface area contributed by atoms with Crippen LogP contribution >= 0.6 is 0 Å². The van der Waals surface area contributed by atoms with Gasteiger partial charge in [-0.05, 0) is 18.2 Å². The standard InChI is InChI=1S/C13H11F4N3O4S/c1-23-10-6-11(24-2)19-12(18-10)20-25(21,22)7-3-4-9(14)8(5-7)13(15,16)17/h3-6H,1-2H3,(H,18,19,20). The van der Waals surface area contributed by atoms with E-state index in [1.165, 1.54) is 20.3 Å². The third-order valence-corrected chi connectivity index (χ3v) is 4.20. The van der Waals surface area contributed by atoms with Gasteiger partial charge in [-0.1, -0.05) is 0 Å². The van der Waals surface area contributed by atoms with E-state index in [1.54, 1.807) is 0 Å². The Bertz CT molecular complexity index is 865. The molecule has 0 radical (unpaired) electrons. The van der Waals surface area contributed by atoms with Crippen LogP contribution in [0.5, 0.6) is 11.8 Å². The highest BCUT2D eigenvalue weighted by molar-refractivity contribution is 7.92. The monoisotopic (exact) mass is 381 g/mol. The molecule has 12 heteroatoms. The van der Waals surface area contributed by atoms with Crippen LogP contribution in [0.1, 0.15) is 5.56 Å². The Kier molecular flexibility index (Phi) is 5.02. The summed E-state index contributed by atoms with van der Waals surface area (Å²) in [5, 5.41) is 0. The summed E-state index contributed by atoms with van der Waals surface area (Å²) in [6.45, 7) is 0. The molecular weight excluding hydrogens is 370 g/mol. The van der Waals surface area contributed by atoms with E-state index in [0.29, 0.717) is 12.1 Å². The number of aromatic nitrogens is 2. The highest BCUT2D eigenvalue weighted by Crippen LogP contribution is 2.33. The third kappa shape index (κ3) is 4.26. The van der Waals surface area contributed by atoms with Crippen molar-refractivity contribution in [2.24, 2.45) is 0 Å². The van der Waals surface area contributed by atoms with Crippen LogP contribution in [0, 0.1) is 5.82 Å². The van der Waals surface area contributed by atoms with Crippen molar-refractivity contribution in [3.05, 3.63) is 35.6 Å². The van der Waals surface area contributed by atoms with Crippen LogP contribution in [0.25, 0.3) is 0 Å². The van der Waals surface area contributed by atoms with Crippen molar-refractivity contribution in [2.75, 3.05) is 18.9 Å². The molecule has 136 valence electrons. The van der Waals surface area contributed by atoms with Gasteiger partial charge >= 0.3 is 6.18 Å². The number of benzene rings is 1. The predicted molar refractivity (Wildman–Crippen MR) is 77.3 cm³/mol. The molecule has 0 saturated heterocycles. The van der Waals surface area contributed by atoms with E-state index in [2.05, 4.69) is 9.97 Å². The molecule has 7 nitrogen and oxygen atoms in total. The molecule has 1 aromatic carbocycles. The van der Waals surface area contributed by atoms with Gasteiger partial charge in [-0.2, -0.15) is 23.1 Å². The average Bonchev–Trinajstić information content (AvgIpc) is 2.53. The minimum Gasteiger partial charge on any atom is -0.481 e. The van der Waals surface area contributed by atoms with Gasteiger partial charge in [0.15, 0.2) is 0 Å². The number of sulfonamides is 1. The second kappa shape index (κ2) is 6.70.